The number of likely N-dealkylation sites (tertiary alicyclic amines) is 1. The lowest BCUT2D eigenvalue weighted by Gasteiger charge is -2.42. The van der Waals surface area contributed by atoms with Gasteiger partial charge in [0.15, 0.2) is 18.1 Å². The van der Waals surface area contributed by atoms with Crippen LogP contribution in [0.2, 0.25) is 0 Å². The van der Waals surface area contributed by atoms with E-state index in [0.29, 0.717) is 31.2 Å². The van der Waals surface area contributed by atoms with E-state index in [1.807, 2.05) is 59.5 Å². The van der Waals surface area contributed by atoms with Crippen molar-refractivity contribution in [3.8, 4) is 11.5 Å². The number of carbonyl (C=O) groups is 1. The van der Waals surface area contributed by atoms with E-state index in [2.05, 4.69) is 13.8 Å². The summed E-state index contributed by atoms with van der Waals surface area (Å²) in [4.78, 5) is 14.4. The minimum absolute atomic E-state index is 0. The predicted molar refractivity (Wildman–Crippen MR) is 113 cm³/mol. The quantitative estimate of drug-likeness (QED) is 0.798. The summed E-state index contributed by atoms with van der Waals surface area (Å²) in [6.45, 7) is 5.99. The van der Waals surface area contributed by atoms with Crippen molar-refractivity contribution >= 4 is 18.3 Å². The van der Waals surface area contributed by atoms with Crippen molar-refractivity contribution in [1.29, 1.82) is 0 Å². The molecule has 1 atom stereocenters. The summed E-state index contributed by atoms with van der Waals surface area (Å²) in [6.07, 6.45) is 0.815. The number of hydrogen-bond donors (Lipinski definition) is 1. The number of nitrogens with zero attached hydrogens (tertiary/aromatic N) is 1. The topological polar surface area (TPSA) is 64.8 Å². The van der Waals surface area contributed by atoms with E-state index in [4.69, 9.17) is 15.2 Å². The van der Waals surface area contributed by atoms with Crippen LogP contribution in [0.5, 0.6) is 11.5 Å². The van der Waals surface area contributed by atoms with Crippen LogP contribution in [0.3, 0.4) is 0 Å². The first-order valence-corrected chi connectivity index (χ1v) is 9.37. The summed E-state index contributed by atoms with van der Waals surface area (Å²) in [5, 5.41) is 0. The number of benzene rings is 2. The highest BCUT2D eigenvalue weighted by atomic mass is 35.5. The van der Waals surface area contributed by atoms with Gasteiger partial charge in [0.1, 0.15) is 6.61 Å². The minimum atomic E-state index is -0.0788. The number of amides is 1. The number of nitrogens with two attached hydrogens (primary N) is 1. The summed E-state index contributed by atoms with van der Waals surface area (Å²) >= 11 is 0. The average Bonchev–Trinajstić information content (AvgIpc) is 2.68. The number of hydrogen-bond acceptors (Lipinski definition) is 4. The summed E-state index contributed by atoms with van der Waals surface area (Å²) in [7, 11) is 0. The molecule has 5 nitrogen and oxygen atoms in total. The summed E-state index contributed by atoms with van der Waals surface area (Å²) in [5.41, 5.74) is 7.16. The zero-order valence-electron chi connectivity index (χ0n) is 16.5. The van der Waals surface area contributed by atoms with Crippen LogP contribution in [0.4, 0.5) is 0 Å². The number of para-hydroxylation sites is 2. The molecule has 0 radical (unpaired) electrons. The van der Waals surface area contributed by atoms with E-state index < -0.39 is 0 Å². The first-order chi connectivity index (χ1) is 13.0. The van der Waals surface area contributed by atoms with Gasteiger partial charge < -0.3 is 20.1 Å². The Morgan fingerprint density at radius 2 is 1.68 bits per heavy atom. The number of ether oxygens (including phenoxy) is 2. The second kappa shape index (κ2) is 9.80. The Hall–Kier alpha value is -2.24. The molecule has 3 rings (SSSR count). The van der Waals surface area contributed by atoms with E-state index in [9.17, 15) is 4.79 Å². The van der Waals surface area contributed by atoms with E-state index in [1.165, 1.54) is 0 Å². The molecule has 1 heterocycles. The fourth-order valence-corrected chi connectivity index (χ4v) is 3.24. The van der Waals surface area contributed by atoms with Gasteiger partial charge in [-0.05, 0) is 29.5 Å². The largest absolute Gasteiger partial charge is 0.485 e. The van der Waals surface area contributed by atoms with Crippen LogP contribution < -0.4 is 15.2 Å². The Balaban J connectivity index is 0.00000280. The van der Waals surface area contributed by atoms with Crippen molar-refractivity contribution in [1.82, 2.24) is 4.90 Å². The van der Waals surface area contributed by atoms with Crippen molar-refractivity contribution < 1.29 is 14.3 Å². The van der Waals surface area contributed by atoms with Gasteiger partial charge in [-0.25, -0.2) is 0 Å². The third-order valence-electron chi connectivity index (χ3n) is 5.10. The van der Waals surface area contributed by atoms with Crippen molar-refractivity contribution in [2.24, 2.45) is 11.1 Å². The Morgan fingerprint density at radius 1 is 1.07 bits per heavy atom. The maximum atomic E-state index is 12.6. The standard InChI is InChI=1S/C22H28N2O3.ClH/c1-22(2)16-24(13-12-20(22)23)21(25)15-27-19-11-7-6-10-18(19)26-14-17-8-4-3-5-9-17;/h3-11,20H,12-16,23H2,1-2H3;1H. The molecule has 1 unspecified atom stereocenters. The maximum absolute atomic E-state index is 12.6. The third kappa shape index (κ3) is 5.63. The molecule has 2 N–H and O–H groups in total. The molecule has 0 spiro atoms. The van der Waals surface area contributed by atoms with Gasteiger partial charge in [-0.2, -0.15) is 0 Å². The molecular weight excluding hydrogens is 376 g/mol. The first-order valence-electron chi connectivity index (χ1n) is 9.37. The van der Waals surface area contributed by atoms with Gasteiger partial charge in [0.25, 0.3) is 5.91 Å². The molecule has 0 aliphatic carbocycles. The summed E-state index contributed by atoms with van der Waals surface area (Å²) in [5.74, 6) is 1.19. The summed E-state index contributed by atoms with van der Waals surface area (Å²) in [6, 6.07) is 17.5. The molecule has 1 amide bonds. The highest BCUT2D eigenvalue weighted by Gasteiger charge is 2.35. The van der Waals surface area contributed by atoms with Gasteiger partial charge in [-0.3, -0.25) is 4.79 Å². The van der Waals surface area contributed by atoms with Gasteiger partial charge in [-0.1, -0.05) is 56.3 Å². The molecule has 0 bridgehead atoms. The molecule has 6 heteroatoms. The van der Waals surface area contributed by atoms with Gasteiger partial charge in [0, 0.05) is 19.1 Å². The smallest absolute Gasteiger partial charge is 0.260 e. The Labute approximate surface area is 173 Å². The van der Waals surface area contributed by atoms with E-state index in [0.717, 1.165) is 12.0 Å². The fourth-order valence-electron chi connectivity index (χ4n) is 3.24. The lowest BCUT2D eigenvalue weighted by Crippen LogP contribution is -2.54. The highest BCUT2D eigenvalue weighted by Crippen LogP contribution is 2.29. The van der Waals surface area contributed by atoms with Crippen LogP contribution in [0, 0.1) is 5.41 Å². The molecule has 1 fully saturated rings. The van der Waals surface area contributed by atoms with Crippen LogP contribution in [0.25, 0.3) is 0 Å². The van der Waals surface area contributed by atoms with E-state index in [1.54, 1.807) is 0 Å². The van der Waals surface area contributed by atoms with Gasteiger partial charge in [0.2, 0.25) is 0 Å². The van der Waals surface area contributed by atoms with Crippen molar-refractivity contribution in [2.45, 2.75) is 32.9 Å². The lowest BCUT2D eigenvalue weighted by molar-refractivity contribution is -0.136. The minimum Gasteiger partial charge on any atom is -0.485 e. The van der Waals surface area contributed by atoms with Gasteiger partial charge >= 0.3 is 0 Å². The van der Waals surface area contributed by atoms with Gasteiger partial charge in [0.05, 0.1) is 0 Å². The highest BCUT2D eigenvalue weighted by molar-refractivity contribution is 5.85. The second-order valence-corrected chi connectivity index (χ2v) is 7.71. The number of rotatable bonds is 6. The van der Waals surface area contributed by atoms with Crippen LogP contribution in [0.1, 0.15) is 25.8 Å². The van der Waals surface area contributed by atoms with Crippen molar-refractivity contribution in [3.05, 3.63) is 60.2 Å². The normalized spacial score (nSPS) is 18.1. The Bertz CT molecular complexity index is 767. The lowest BCUT2D eigenvalue weighted by atomic mass is 9.80. The summed E-state index contributed by atoms with van der Waals surface area (Å²) < 4.78 is 11.7. The van der Waals surface area contributed by atoms with Crippen molar-refractivity contribution in [3.63, 3.8) is 0 Å². The Kier molecular flexibility index (Phi) is 7.72. The molecule has 28 heavy (non-hydrogen) atoms. The fraction of sp³-hybridized carbons (Fsp3) is 0.409. The molecule has 2 aromatic carbocycles. The molecule has 1 saturated heterocycles. The molecule has 1 aliphatic rings. The van der Waals surface area contributed by atoms with Crippen LogP contribution in [0.15, 0.2) is 54.6 Å². The second-order valence-electron chi connectivity index (χ2n) is 7.71. The first kappa shape index (κ1) is 22.1. The van der Waals surface area contributed by atoms with Crippen molar-refractivity contribution in [2.75, 3.05) is 19.7 Å². The van der Waals surface area contributed by atoms with Crippen LogP contribution in [-0.2, 0) is 11.4 Å². The maximum Gasteiger partial charge on any atom is 0.260 e. The zero-order valence-corrected chi connectivity index (χ0v) is 17.3. The number of carbonyl (C=O) groups excluding carboxylic acids is 1. The number of piperidine rings is 1. The molecule has 0 aromatic heterocycles. The Morgan fingerprint density at radius 3 is 2.32 bits per heavy atom. The SMILES string of the molecule is CC1(C)CN(C(=O)COc2ccccc2OCc2ccccc2)CCC1N.Cl. The molecule has 152 valence electrons. The number of halogens is 1. The van der Waals surface area contributed by atoms with Gasteiger partial charge in [-0.15, -0.1) is 12.4 Å². The molecule has 0 saturated carbocycles. The molecule has 1 aliphatic heterocycles. The van der Waals surface area contributed by atoms with E-state index >= 15 is 0 Å². The molecular formula is C22H29ClN2O3. The van der Waals surface area contributed by atoms with Crippen LogP contribution >= 0.6 is 12.4 Å². The van der Waals surface area contributed by atoms with E-state index in [-0.39, 0.29) is 36.4 Å². The zero-order chi connectivity index (χ0) is 19.3. The predicted octanol–water partition coefficient (Wildman–Crippen LogP) is 3.65. The third-order valence-corrected chi connectivity index (χ3v) is 5.10. The average molecular weight is 405 g/mol. The monoisotopic (exact) mass is 404 g/mol. The molecule has 2 aromatic rings. The van der Waals surface area contributed by atoms with Crippen LogP contribution in [-0.4, -0.2) is 36.5 Å².